The smallest absolute Gasteiger partial charge is 0.261 e. The molecule has 0 aromatic heterocycles. The van der Waals surface area contributed by atoms with Gasteiger partial charge >= 0.3 is 0 Å². The van der Waals surface area contributed by atoms with Crippen molar-refractivity contribution in [3.05, 3.63) is 53.6 Å². The summed E-state index contributed by atoms with van der Waals surface area (Å²) in [6.07, 6.45) is 0. The van der Waals surface area contributed by atoms with Gasteiger partial charge in [-0.2, -0.15) is 0 Å². The zero-order chi connectivity index (χ0) is 13.2. The normalized spacial score (nSPS) is 11.2. The largest absolute Gasteiger partial charge is 0.399 e. The van der Waals surface area contributed by atoms with Crippen molar-refractivity contribution >= 4 is 33.0 Å². The van der Waals surface area contributed by atoms with Crippen LogP contribution in [-0.2, 0) is 10.0 Å². The summed E-state index contributed by atoms with van der Waals surface area (Å²) < 4.78 is 26.5. The van der Waals surface area contributed by atoms with Crippen molar-refractivity contribution in [3.63, 3.8) is 0 Å². The van der Waals surface area contributed by atoms with E-state index in [4.69, 9.17) is 17.3 Å². The van der Waals surface area contributed by atoms with Gasteiger partial charge in [0.05, 0.1) is 4.90 Å². The lowest BCUT2D eigenvalue weighted by Gasteiger charge is -2.08. The van der Waals surface area contributed by atoms with E-state index in [1.165, 1.54) is 12.1 Å². The third kappa shape index (κ3) is 2.94. The van der Waals surface area contributed by atoms with Crippen LogP contribution in [-0.4, -0.2) is 8.42 Å². The second-order valence-corrected chi connectivity index (χ2v) is 5.80. The quantitative estimate of drug-likeness (QED) is 0.850. The van der Waals surface area contributed by atoms with Gasteiger partial charge in [-0.25, -0.2) is 8.42 Å². The second-order valence-electron chi connectivity index (χ2n) is 3.68. The number of halogens is 1. The molecule has 0 fully saturated rings. The standard InChI is InChI=1S/C12H11ClN2O2S/c13-9-2-1-3-12(8-9)18(16,17)15-11-6-4-10(14)5-7-11/h1-8,15H,14H2. The predicted molar refractivity (Wildman–Crippen MR) is 73.1 cm³/mol. The highest BCUT2D eigenvalue weighted by atomic mass is 35.5. The van der Waals surface area contributed by atoms with Crippen molar-refractivity contribution in [2.24, 2.45) is 0 Å². The molecule has 2 rings (SSSR count). The van der Waals surface area contributed by atoms with Gasteiger partial charge in [-0.3, -0.25) is 4.72 Å². The maximum atomic E-state index is 12.0. The van der Waals surface area contributed by atoms with Crippen LogP contribution < -0.4 is 10.5 Å². The van der Waals surface area contributed by atoms with E-state index in [2.05, 4.69) is 4.72 Å². The van der Waals surface area contributed by atoms with Gasteiger partial charge in [0.25, 0.3) is 10.0 Å². The summed E-state index contributed by atoms with van der Waals surface area (Å²) in [7, 11) is -3.62. The van der Waals surface area contributed by atoms with E-state index in [0.717, 1.165) is 0 Å². The third-order valence-electron chi connectivity index (χ3n) is 2.27. The van der Waals surface area contributed by atoms with Gasteiger partial charge in [-0.15, -0.1) is 0 Å². The molecule has 0 aliphatic heterocycles. The first-order valence-electron chi connectivity index (χ1n) is 5.11. The molecule has 3 N–H and O–H groups in total. The second kappa shape index (κ2) is 4.88. The molecule has 0 radical (unpaired) electrons. The Morgan fingerprint density at radius 2 is 1.72 bits per heavy atom. The molecule has 2 aromatic carbocycles. The SMILES string of the molecule is Nc1ccc(NS(=O)(=O)c2cccc(Cl)c2)cc1. The van der Waals surface area contributed by atoms with Gasteiger partial charge in [-0.05, 0) is 42.5 Å². The maximum Gasteiger partial charge on any atom is 0.261 e. The van der Waals surface area contributed by atoms with Crippen LogP contribution in [0.4, 0.5) is 11.4 Å². The van der Waals surface area contributed by atoms with Crippen molar-refractivity contribution in [1.82, 2.24) is 0 Å². The molecule has 0 saturated carbocycles. The molecular weight excluding hydrogens is 272 g/mol. The van der Waals surface area contributed by atoms with Crippen molar-refractivity contribution in [1.29, 1.82) is 0 Å². The maximum absolute atomic E-state index is 12.0. The molecule has 0 aliphatic rings. The molecule has 4 nitrogen and oxygen atoms in total. The summed E-state index contributed by atoms with van der Waals surface area (Å²) in [6.45, 7) is 0. The Bertz CT molecular complexity index is 654. The lowest BCUT2D eigenvalue weighted by atomic mass is 10.3. The molecule has 0 atom stereocenters. The fraction of sp³-hybridized carbons (Fsp3) is 0. The van der Waals surface area contributed by atoms with Crippen molar-refractivity contribution in [3.8, 4) is 0 Å². The average molecular weight is 283 g/mol. The lowest BCUT2D eigenvalue weighted by Crippen LogP contribution is -2.12. The zero-order valence-corrected chi connectivity index (χ0v) is 10.9. The summed E-state index contributed by atoms with van der Waals surface area (Å²) >= 11 is 5.77. The lowest BCUT2D eigenvalue weighted by molar-refractivity contribution is 0.601. The van der Waals surface area contributed by atoms with E-state index in [-0.39, 0.29) is 4.90 Å². The van der Waals surface area contributed by atoms with Crippen LogP contribution in [0.3, 0.4) is 0 Å². The molecule has 18 heavy (non-hydrogen) atoms. The Morgan fingerprint density at radius 1 is 1.06 bits per heavy atom. The van der Waals surface area contributed by atoms with Crippen LogP contribution in [0.5, 0.6) is 0 Å². The number of hydrogen-bond donors (Lipinski definition) is 2. The van der Waals surface area contributed by atoms with E-state index in [1.54, 1.807) is 36.4 Å². The van der Waals surface area contributed by atoms with Crippen molar-refractivity contribution in [2.75, 3.05) is 10.5 Å². The fourth-order valence-electron chi connectivity index (χ4n) is 1.40. The highest BCUT2D eigenvalue weighted by Gasteiger charge is 2.14. The first-order valence-corrected chi connectivity index (χ1v) is 6.97. The van der Waals surface area contributed by atoms with Gasteiger partial charge < -0.3 is 5.73 Å². The number of nitrogens with one attached hydrogen (secondary N) is 1. The van der Waals surface area contributed by atoms with Crippen LogP contribution in [0.25, 0.3) is 0 Å². The Labute approximate surface area is 110 Å². The summed E-state index contributed by atoms with van der Waals surface area (Å²) in [5, 5.41) is 0.371. The Balaban J connectivity index is 2.30. The van der Waals surface area contributed by atoms with Crippen LogP contribution in [0.15, 0.2) is 53.4 Å². The molecule has 0 aliphatic carbocycles. The van der Waals surface area contributed by atoms with Gasteiger partial charge in [0.2, 0.25) is 0 Å². The van der Waals surface area contributed by atoms with E-state index in [0.29, 0.717) is 16.4 Å². The predicted octanol–water partition coefficient (Wildman–Crippen LogP) is 2.72. The van der Waals surface area contributed by atoms with Gasteiger partial charge in [0, 0.05) is 16.4 Å². The minimum Gasteiger partial charge on any atom is -0.399 e. The Morgan fingerprint density at radius 3 is 2.33 bits per heavy atom. The molecular formula is C12H11ClN2O2S. The number of sulfonamides is 1. The summed E-state index contributed by atoms with van der Waals surface area (Å²) in [5.41, 5.74) is 6.55. The molecule has 0 saturated heterocycles. The molecule has 94 valence electrons. The summed E-state index contributed by atoms with van der Waals surface area (Å²) in [6, 6.07) is 12.5. The minimum atomic E-state index is -3.62. The zero-order valence-electron chi connectivity index (χ0n) is 9.30. The van der Waals surface area contributed by atoms with Crippen LogP contribution in [0.2, 0.25) is 5.02 Å². The van der Waals surface area contributed by atoms with Crippen LogP contribution in [0.1, 0.15) is 0 Å². The fourth-order valence-corrected chi connectivity index (χ4v) is 2.76. The molecule has 0 amide bonds. The number of hydrogen-bond acceptors (Lipinski definition) is 3. The van der Waals surface area contributed by atoms with Gasteiger partial charge in [0.15, 0.2) is 0 Å². The highest BCUT2D eigenvalue weighted by Crippen LogP contribution is 2.19. The van der Waals surface area contributed by atoms with E-state index < -0.39 is 10.0 Å². The molecule has 0 unspecified atom stereocenters. The molecule has 0 spiro atoms. The molecule has 0 bridgehead atoms. The monoisotopic (exact) mass is 282 g/mol. The summed E-state index contributed by atoms with van der Waals surface area (Å²) in [4.78, 5) is 0.117. The highest BCUT2D eigenvalue weighted by molar-refractivity contribution is 7.92. The van der Waals surface area contributed by atoms with E-state index >= 15 is 0 Å². The minimum absolute atomic E-state index is 0.117. The number of anilines is 2. The van der Waals surface area contributed by atoms with Crippen molar-refractivity contribution in [2.45, 2.75) is 4.90 Å². The Hall–Kier alpha value is -1.72. The molecule has 0 heterocycles. The van der Waals surface area contributed by atoms with E-state index in [9.17, 15) is 8.42 Å². The number of benzene rings is 2. The topological polar surface area (TPSA) is 72.2 Å². The Kier molecular flexibility index (Phi) is 3.45. The molecule has 2 aromatic rings. The average Bonchev–Trinajstić information content (AvgIpc) is 2.32. The van der Waals surface area contributed by atoms with Gasteiger partial charge in [-0.1, -0.05) is 17.7 Å². The summed E-state index contributed by atoms with van der Waals surface area (Å²) in [5.74, 6) is 0. The van der Waals surface area contributed by atoms with Crippen molar-refractivity contribution < 1.29 is 8.42 Å². The first kappa shape index (κ1) is 12.7. The number of nitrogens with two attached hydrogens (primary N) is 1. The van der Waals surface area contributed by atoms with Crippen LogP contribution >= 0.6 is 11.6 Å². The van der Waals surface area contributed by atoms with Crippen LogP contribution in [0, 0.1) is 0 Å². The number of rotatable bonds is 3. The third-order valence-corrected chi connectivity index (χ3v) is 3.88. The number of nitrogen functional groups attached to an aromatic ring is 1. The molecule has 6 heteroatoms. The first-order chi connectivity index (χ1) is 8.47. The van der Waals surface area contributed by atoms with E-state index in [1.807, 2.05) is 0 Å². The van der Waals surface area contributed by atoms with Gasteiger partial charge in [0.1, 0.15) is 0 Å².